The lowest BCUT2D eigenvalue weighted by atomic mass is 9.98. The monoisotopic (exact) mass is 504 g/mol. The molecule has 34 heavy (non-hydrogen) atoms. The van der Waals surface area contributed by atoms with Crippen molar-refractivity contribution in [2.24, 2.45) is 5.73 Å². The van der Waals surface area contributed by atoms with E-state index in [0.29, 0.717) is 11.4 Å². The highest BCUT2D eigenvalue weighted by Crippen LogP contribution is 2.35. The summed E-state index contributed by atoms with van der Waals surface area (Å²) in [4.78, 5) is 8.94. The van der Waals surface area contributed by atoms with Crippen LogP contribution in [0.5, 0.6) is 5.88 Å². The number of hydrogen-bond acceptors (Lipinski definition) is 9. The van der Waals surface area contributed by atoms with Crippen molar-refractivity contribution in [2.75, 3.05) is 0 Å². The molecule has 0 bridgehead atoms. The van der Waals surface area contributed by atoms with Crippen molar-refractivity contribution >= 4 is 21.9 Å². The fraction of sp³-hybridized carbons (Fsp3) is 0.273. The summed E-state index contributed by atoms with van der Waals surface area (Å²) in [5.41, 5.74) is 11.0. The van der Waals surface area contributed by atoms with Gasteiger partial charge in [0.15, 0.2) is 6.35 Å². The standard InChI is InChI=1S/C22H24N4O6S2/c23-22(32-34(29)30)26(33(27)28)13-15-5-3-6-16(11-15)19-12-21(25-20-9-4-8-18(19)20)31-14-17-7-1-2-10-24-17/h1-3,5-7,10-12,22,33-34H,4,8-9,13-14,23H2. The molecule has 180 valence electrons. The summed E-state index contributed by atoms with van der Waals surface area (Å²) >= 11 is 0. The van der Waals surface area contributed by atoms with Crippen LogP contribution >= 0.6 is 0 Å². The molecule has 2 aromatic heterocycles. The van der Waals surface area contributed by atoms with E-state index in [1.807, 2.05) is 36.4 Å². The van der Waals surface area contributed by atoms with E-state index in [2.05, 4.69) is 14.2 Å². The van der Waals surface area contributed by atoms with Crippen LogP contribution in [-0.2, 0) is 52.1 Å². The van der Waals surface area contributed by atoms with Crippen molar-refractivity contribution in [1.82, 2.24) is 14.3 Å². The smallest absolute Gasteiger partial charge is 0.259 e. The number of aromatic nitrogens is 2. The average Bonchev–Trinajstić information content (AvgIpc) is 3.29. The Bertz CT molecular complexity index is 1300. The van der Waals surface area contributed by atoms with E-state index in [1.165, 1.54) is 0 Å². The van der Waals surface area contributed by atoms with E-state index in [0.717, 1.165) is 51.6 Å². The highest BCUT2D eigenvalue weighted by molar-refractivity contribution is 7.70. The third-order valence-corrected chi connectivity index (χ3v) is 6.58. The number of hydrogen-bond donors (Lipinski definition) is 3. The summed E-state index contributed by atoms with van der Waals surface area (Å²) < 4.78 is 56.0. The summed E-state index contributed by atoms with van der Waals surface area (Å²) in [6.45, 7) is 0.144. The summed E-state index contributed by atoms with van der Waals surface area (Å²) in [7, 11) is -6.48. The van der Waals surface area contributed by atoms with Gasteiger partial charge in [0.25, 0.3) is 11.0 Å². The van der Waals surface area contributed by atoms with Crippen molar-refractivity contribution in [1.29, 1.82) is 0 Å². The maximum absolute atomic E-state index is 11.6. The van der Waals surface area contributed by atoms with Gasteiger partial charge in [-0.3, -0.25) is 10.7 Å². The van der Waals surface area contributed by atoms with Crippen LogP contribution in [0, 0.1) is 0 Å². The molecule has 1 unspecified atom stereocenters. The Balaban J connectivity index is 1.61. The quantitative estimate of drug-likeness (QED) is 0.275. The van der Waals surface area contributed by atoms with E-state index in [4.69, 9.17) is 10.5 Å². The minimum Gasteiger partial charge on any atom is -0.471 e. The molecule has 0 spiro atoms. The second-order valence-corrected chi connectivity index (χ2v) is 9.30. The Morgan fingerprint density at radius 1 is 1.06 bits per heavy atom. The molecule has 3 aromatic rings. The number of nitrogens with two attached hydrogens (primary N) is 1. The molecule has 1 atom stereocenters. The number of aryl methyl sites for hydroxylation is 1. The molecule has 0 amide bonds. The van der Waals surface area contributed by atoms with Gasteiger partial charge in [-0.05, 0) is 59.7 Å². The normalized spacial score (nSPS) is 14.0. The first-order chi connectivity index (χ1) is 16.4. The number of fused-ring (bicyclic) bond motifs is 1. The van der Waals surface area contributed by atoms with Crippen LogP contribution in [0.1, 0.15) is 28.9 Å². The van der Waals surface area contributed by atoms with Gasteiger partial charge in [0.05, 0.1) is 5.69 Å². The highest BCUT2D eigenvalue weighted by atomic mass is 32.2. The van der Waals surface area contributed by atoms with Gasteiger partial charge in [-0.1, -0.05) is 24.3 Å². The second kappa shape index (κ2) is 11.0. The van der Waals surface area contributed by atoms with Gasteiger partial charge >= 0.3 is 0 Å². The third kappa shape index (κ3) is 5.96. The lowest BCUT2D eigenvalue weighted by Gasteiger charge is -2.20. The maximum atomic E-state index is 11.6. The maximum Gasteiger partial charge on any atom is 0.259 e. The molecular formula is C22H24N4O6S2. The Hall–Kier alpha value is -2.90. The van der Waals surface area contributed by atoms with Gasteiger partial charge in [-0.15, -0.1) is 0 Å². The number of thiol groups is 2. The van der Waals surface area contributed by atoms with Crippen LogP contribution in [0.25, 0.3) is 11.1 Å². The molecule has 2 heterocycles. The molecule has 0 saturated heterocycles. The van der Waals surface area contributed by atoms with Crippen LogP contribution in [-0.4, -0.2) is 37.5 Å². The second-order valence-electron chi connectivity index (χ2n) is 7.65. The number of benzene rings is 1. The van der Waals surface area contributed by atoms with E-state index < -0.39 is 28.2 Å². The van der Waals surface area contributed by atoms with E-state index >= 15 is 0 Å². The molecule has 0 fully saturated rings. The van der Waals surface area contributed by atoms with Crippen molar-refractivity contribution in [2.45, 2.75) is 38.8 Å². The zero-order valence-corrected chi connectivity index (χ0v) is 19.9. The predicted octanol–water partition coefficient (Wildman–Crippen LogP) is 1.33. The first-order valence-electron chi connectivity index (χ1n) is 10.5. The predicted molar refractivity (Wildman–Crippen MR) is 126 cm³/mol. The zero-order valence-electron chi connectivity index (χ0n) is 18.1. The Morgan fingerprint density at radius 2 is 1.91 bits per heavy atom. The van der Waals surface area contributed by atoms with Crippen LogP contribution in [0.3, 0.4) is 0 Å². The average molecular weight is 505 g/mol. The summed E-state index contributed by atoms with van der Waals surface area (Å²) in [5, 5.41) is 0. The molecule has 1 aliphatic rings. The van der Waals surface area contributed by atoms with E-state index in [-0.39, 0.29) is 13.2 Å². The Morgan fingerprint density at radius 3 is 2.65 bits per heavy atom. The lowest BCUT2D eigenvalue weighted by molar-refractivity contribution is 0.104. The number of rotatable bonds is 10. The van der Waals surface area contributed by atoms with Crippen LogP contribution in [0.4, 0.5) is 0 Å². The van der Waals surface area contributed by atoms with Gasteiger partial charge in [0.1, 0.15) is 6.61 Å². The van der Waals surface area contributed by atoms with Gasteiger partial charge in [-0.25, -0.2) is 26.0 Å². The molecule has 0 saturated carbocycles. The molecule has 0 aliphatic heterocycles. The number of nitrogens with zero attached hydrogens (tertiary/aromatic N) is 3. The first kappa shape index (κ1) is 24.2. The van der Waals surface area contributed by atoms with Gasteiger partial charge in [-0.2, -0.15) is 4.31 Å². The van der Waals surface area contributed by atoms with Gasteiger partial charge in [0.2, 0.25) is 16.8 Å². The van der Waals surface area contributed by atoms with Crippen LogP contribution in [0.15, 0.2) is 54.7 Å². The summed E-state index contributed by atoms with van der Waals surface area (Å²) in [6.07, 6.45) is 2.80. The summed E-state index contributed by atoms with van der Waals surface area (Å²) in [5.74, 6) is 0.491. The van der Waals surface area contributed by atoms with E-state index in [9.17, 15) is 16.8 Å². The van der Waals surface area contributed by atoms with Crippen LogP contribution < -0.4 is 10.5 Å². The van der Waals surface area contributed by atoms with E-state index in [1.54, 1.807) is 18.3 Å². The number of pyridine rings is 2. The van der Waals surface area contributed by atoms with Crippen molar-refractivity contribution in [3.05, 3.63) is 77.2 Å². The third-order valence-electron chi connectivity index (χ3n) is 5.40. The first-order valence-corrected chi connectivity index (χ1v) is 12.8. The topological polar surface area (TPSA) is 142 Å². The molecule has 12 heteroatoms. The number of ether oxygens (including phenoxy) is 1. The minimum absolute atomic E-state index is 0.146. The Labute approximate surface area is 200 Å². The molecule has 4 rings (SSSR count). The lowest BCUT2D eigenvalue weighted by Crippen LogP contribution is -2.42. The van der Waals surface area contributed by atoms with Gasteiger partial charge < -0.3 is 4.74 Å². The SMILES string of the molecule is NC(O[SH](=O)=O)N(Cc1cccc(-c2cc(OCc3ccccn3)nc3c2CCC3)c1)[SH](=O)=O. The molecule has 0 radical (unpaired) electrons. The fourth-order valence-corrected chi connectivity index (χ4v) is 4.76. The largest absolute Gasteiger partial charge is 0.471 e. The summed E-state index contributed by atoms with van der Waals surface area (Å²) in [6, 6.07) is 14.8. The van der Waals surface area contributed by atoms with Crippen molar-refractivity contribution in [3.8, 4) is 17.0 Å². The van der Waals surface area contributed by atoms with Crippen molar-refractivity contribution in [3.63, 3.8) is 0 Å². The molecular weight excluding hydrogens is 480 g/mol. The highest BCUT2D eigenvalue weighted by Gasteiger charge is 2.22. The minimum atomic E-state index is -3.30. The molecule has 1 aliphatic carbocycles. The van der Waals surface area contributed by atoms with Crippen molar-refractivity contribution < 1.29 is 25.8 Å². The van der Waals surface area contributed by atoms with Gasteiger partial charge in [0, 0.05) is 24.5 Å². The van der Waals surface area contributed by atoms with Crippen LogP contribution in [0.2, 0.25) is 0 Å². The molecule has 10 nitrogen and oxygen atoms in total. The fourth-order valence-electron chi connectivity index (χ4n) is 3.89. The molecule has 2 N–H and O–H groups in total. The zero-order chi connectivity index (χ0) is 24.1. The Kier molecular flexibility index (Phi) is 7.85. The molecule has 1 aromatic carbocycles.